The Balaban J connectivity index is 0.00000133. The van der Waals surface area contributed by atoms with Crippen LogP contribution < -0.4 is 10.0 Å². The number of rotatable bonds is 3. The Morgan fingerprint density at radius 1 is 1.26 bits per heavy atom. The first-order chi connectivity index (χ1) is 8.56. The predicted molar refractivity (Wildman–Crippen MR) is 77.6 cm³/mol. The molecule has 2 saturated heterocycles. The number of hydrogen-bond donors (Lipinski definition) is 2. The predicted octanol–water partition coefficient (Wildman–Crippen LogP) is 0.725. The summed E-state index contributed by atoms with van der Waals surface area (Å²) in [7, 11) is -3.28. The van der Waals surface area contributed by atoms with Crippen molar-refractivity contribution in [1.29, 1.82) is 0 Å². The highest BCUT2D eigenvalue weighted by molar-refractivity contribution is 7.87. The van der Waals surface area contributed by atoms with E-state index in [1.165, 1.54) is 6.42 Å². The summed E-state index contributed by atoms with van der Waals surface area (Å²) in [5.41, 5.74) is 0. The molecule has 112 valence electrons. The monoisotopic (exact) mass is 309 g/mol. The van der Waals surface area contributed by atoms with Crippen LogP contribution >= 0.6 is 12.4 Å². The van der Waals surface area contributed by atoms with Crippen LogP contribution in [-0.4, -0.2) is 44.4 Å². The van der Waals surface area contributed by atoms with E-state index in [2.05, 4.69) is 17.0 Å². The van der Waals surface area contributed by atoms with Crippen molar-refractivity contribution >= 4 is 22.6 Å². The summed E-state index contributed by atoms with van der Waals surface area (Å²) in [6.07, 6.45) is 4.36. The molecule has 4 atom stereocenters. The Morgan fingerprint density at radius 2 is 2.05 bits per heavy atom. The summed E-state index contributed by atoms with van der Waals surface area (Å²) in [4.78, 5) is 0. The van der Waals surface area contributed by atoms with E-state index in [-0.39, 0.29) is 24.5 Å². The van der Waals surface area contributed by atoms with Gasteiger partial charge in [-0.2, -0.15) is 17.4 Å². The van der Waals surface area contributed by atoms with Gasteiger partial charge in [-0.25, -0.2) is 0 Å². The Bertz CT molecular complexity index is 417. The molecule has 0 radical (unpaired) electrons. The second-order valence-corrected chi connectivity index (χ2v) is 7.76. The van der Waals surface area contributed by atoms with Gasteiger partial charge in [0.2, 0.25) is 0 Å². The minimum Gasteiger partial charge on any atom is -0.315 e. The Kier molecular flexibility index (Phi) is 4.78. The van der Waals surface area contributed by atoms with Gasteiger partial charge in [-0.15, -0.1) is 12.4 Å². The second-order valence-electron chi connectivity index (χ2n) is 6.10. The zero-order valence-electron chi connectivity index (χ0n) is 11.3. The zero-order chi connectivity index (χ0) is 12.8. The number of piperidine rings is 2. The largest absolute Gasteiger partial charge is 0.315 e. The highest BCUT2D eigenvalue weighted by Crippen LogP contribution is 2.38. The summed E-state index contributed by atoms with van der Waals surface area (Å²) in [6.45, 7) is 4.61. The number of nitrogens with one attached hydrogen (secondary N) is 2. The molecule has 2 aliphatic heterocycles. The molecule has 2 N–H and O–H groups in total. The van der Waals surface area contributed by atoms with E-state index in [0.717, 1.165) is 38.9 Å². The molecule has 0 aromatic carbocycles. The number of hydrogen-bond acceptors (Lipinski definition) is 3. The molecule has 2 bridgehead atoms. The van der Waals surface area contributed by atoms with E-state index in [4.69, 9.17) is 0 Å². The van der Waals surface area contributed by atoms with Gasteiger partial charge in [0.25, 0.3) is 10.2 Å². The lowest BCUT2D eigenvalue weighted by Gasteiger charge is -2.33. The average Bonchev–Trinajstić information content (AvgIpc) is 2.94. The highest BCUT2D eigenvalue weighted by atomic mass is 35.5. The zero-order valence-corrected chi connectivity index (χ0v) is 13.0. The average molecular weight is 310 g/mol. The van der Waals surface area contributed by atoms with Crippen molar-refractivity contribution in [2.75, 3.05) is 19.6 Å². The maximum absolute atomic E-state index is 12.4. The maximum atomic E-state index is 12.4. The summed E-state index contributed by atoms with van der Waals surface area (Å²) >= 11 is 0. The molecular formula is C12H24ClN3O2S. The Morgan fingerprint density at radius 3 is 2.63 bits per heavy atom. The van der Waals surface area contributed by atoms with Gasteiger partial charge in [0.15, 0.2) is 0 Å². The third kappa shape index (κ3) is 3.08. The summed E-state index contributed by atoms with van der Waals surface area (Å²) in [5, 5.41) is 3.27. The van der Waals surface area contributed by atoms with Gasteiger partial charge in [-0.05, 0) is 44.1 Å². The van der Waals surface area contributed by atoms with Crippen LogP contribution in [-0.2, 0) is 10.2 Å². The van der Waals surface area contributed by atoms with Gasteiger partial charge in [0, 0.05) is 25.2 Å². The molecule has 2 heterocycles. The van der Waals surface area contributed by atoms with Crippen LogP contribution in [0, 0.1) is 11.8 Å². The maximum Gasteiger partial charge on any atom is 0.280 e. The van der Waals surface area contributed by atoms with Gasteiger partial charge in [-0.3, -0.25) is 0 Å². The molecule has 5 nitrogen and oxygen atoms in total. The molecule has 0 spiro atoms. The minimum absolute atomic E-state index is 0. The van der Waals surface area contributed by atoms with Gasteiger partial charge in [-0.1, -0.05) is 6.92 Å². The molecule has 1 saturated carbocycles. The van der Waals surface area contributed by atoms with Crippen LogP contribution in [0.3, 0.4) is 0 Å². The molecule has 1 aliphatic carbocycles. The van der Waals surface area contributed by atoms with Crippen molar-refractivity contribution in [1.82, 2.24) is 14.3 Å². The SMILES string of the molecule is CC1CCNCC1NS(=O)(=O)N1CC2CCC1C2.Cl. The fourth-order valence-corrected chi connectivity index (χ4v) is 5.41. The quantitative estimate of drug-likeness (QED) is 0.808. The number of halogens is 1. The molecule has 3 aliphatic rings. The van der Waals surface area contributed by atoms with Gasteiger partial charge >= 0.3 is 0 Å². The van der Waals surface area contributed by atoms with Crippen LogP contribution in [0.1, 0.15) is 32.6 Å². The van der Waals surface area contributed by atoms with Crippen LogP contribution in [0.2, 0.25) is 0 Å². The van der Waals surface area contributed by atoms with Gasteiger partial charge in [0.1, 0.15) is 0 Å². The molecular weight excluding hydrogens is 286 g/mol. The first-order valence-electron chi connectivity index (χ1n) is 7.06. The Labute approximate surface area is 122 Å². The standard InChI is InChI=1S/C12H23N3O2S.ClH/c1-9-4-5-13-7-12(9)14-18(16,17)15-8-10-2-3-11(15)6-10;/h9-14H,2-8H2,1H3;1H. The van der Waals surface area contributed by atoms with E-state index in [1.807, 2.05) is 0 Å². The van der Waals surface area contributed by atoms with E-state index in [1.54, 1.807) is 4.31 Å². The third-order valence-electron chi connectivity index (χ3n) is 4.80. The molecule has 0 aromatic rings. The molecule has 7 heteroatoms. The van der Waals surface area contributed by atoms with Crippen molar-refractivity contribution in [3.63, 3.8) is 0 Å². The van der Waals surface area contributed by atoms with Crippen molar-refractivity contribution in [3.05, 3.63) is 0 Å². The fraction of sp³-hybridized carbons (Fsp3) is 1.00. The third-order valence-corrected chi connectivity index (χ3v) is 6.46. The molecule has 4 unspecified atom stereocenters. The molecule has 3 fully saturated rings. The van der Waals surface area contributed by atoms with Gasteiger partial charge < -0.3 is 5.32 Å². The first-order valence-corrected chi connectivity index (χ1v) is 8.50. The summed E-state index contributed by atoms with van der Waals surface area (Å²) in [6, 6.07) is 0.308. The van der Waals surface area contributed by atoms with E-state index < -0.39 is 10.2 Å². The minimum atomic E-state index is -3.28. The van der Waals surface area contributed by atoms with E-state index in [0.29, 0.717) is 11.8 Å². The van der Waals surface area contributed by atoms with Crippen molar-refractivity contribution < 1.29 is 8.42 Å². The molecule has 3 rings (SSSR count). The molecule has 19 heavy (non-hydrogen) atoms. The first kappa shape index (κ1) is 15.5. The highest BCUT2D eigenvalue weighted by Gasteiger charge is 2.44. The lowest BCUT2D eigenvalue weighted by molar-refractivity contribution is 0.297. The van der Waals surface area contributed by atoms with Crippen molar-refractivity contribution in [2.24, 2.45) is 11.8 Å². The molecule has 0 amide bonds. The van der Waals surface area contributed by atoms with Gasteiger partial charge in [0.05, 0.1) is 0 Å². The second kappa shape index (κ2) is 5.85. The Hall–Kier alpha value is 0.120. The lowest BCUT2D eigenvalue weighted by Crippen LogP contribution is -2.55. The number of nitrogens with zero attached hydrogens (tertiary/aromatic N) is 1. The van der Waals surface area contributed by atoms with Crippen LogP contribution in [0.25, 0.3) is 0 Å². The van der Waals surface area contributed by atoms with Crippen LogP contribution in [0.15, 0.2) is 0 Å². The molecule has 0 aromatic heterocycles. The smallest absolute Gasteiger partial charge is 0.280 e. The fourth-order valence-electron chi connectivity index (χ4n) is 3.58. The van der Waals surface area contributed by atoms with Crippen molar-refractivity contribution in [2.45, 2.75) is 44.7 Å². The summed E-state index contributed by atoms with van der Waals surface area (Å²) in [5.74, 6) is 1.02. The van der Waals surface area contributed by atoms with E-state index >= 15 is 0 Å². The van der Waals surface area contributed by atoms with Crippen LogP contribution in [0.5, 0.6) is 0 Å². The normalized spacial score (nSPS) is 39.2. The summed E-state index contributed by atoms with van der Waals surface area (Å²) < 4.78 is 29.5. The topological polar surface area (TPSA) is 61.4 Å². The number of fused-ring (bicyclic) bond motifs is 2. The van der Waals surface area contributed by atoms with Crippen molar-refractivity contribution in [3.8, 4) is 0 Å². The van der Waals surface area contributed by atoms with Crippen LogP contribution in [0.4, 0.5) is 0 Å². The lowest BCUT2D eigenvalue weighted by atomic mass is 9.96. The van der Waals surface area contributed by atoms with E-state index in [9.17, 15) is 8.42 Å².